The molecule has 0 bridgehead atoms. The predicted octanol–water partition coefficient (Wildman–Crippen LogP) is 10.2. The van der Waals surface area contributed by atoms with Crippen LogP contribution in [0.5, 0.6) is 0 Å². The summed E-state index contributed by atoms with van der Waals surface area (Å²) in [5.41, 5.74) is 8.00. The molecule has 4 aromatic carbocycles. The number of aromatic carboxylic acids is 1. The molecule has 2 amide bonds. The molecule has 6 aromatic rings. The van der Waals surface area contributed by atoms with Crippen LogP contribution >= 0.6 is 0 Å². The highest BCUT2D eigenvalue weighted by molar-refractivity contribution is 6.08. The Morgan fingerprint density at radius 3 is 1.40 bits per heavy atom. The third-order valence-electron chi connectivity index (χ3n) is 11.6. The second kappa shape index (κ2) is 21.6. The van der Waals surface area contributed by atoms with Crippen molar-refractivity contribution in [3.8, 4) is 0 Å². The predicted molar refractivity (Wildman–Crippen MR) is 249 cm³/mol. The summed E-state index contributed by atoms with van der Waals surface area (Å²) in [5, 5.41) is 15.4. The van der Waals surface area contributed by atoms with Gasteiger partial charge in [-0.1, -0.05) is 78.9 Å². The van der Waals surface area contributed by atoms with Crippen molar-refractivity contribution >= 4 is 40.8 Å². The average molecular weight is 829 g/mol. The van der Waals surface area contributed by atoms with Gasteiger partial charge in [-0.2, -0.15) is 0 Å². The minimum absolute atomic E-state index is 0.0692. The van der Waals surface area contributed by atoms with Crippen LogP contribution in [0.2, 0.25) is 0 Å². The summed E-state index contributed by atoms with van der Waals surface area (Å²) in [5.74, 6) is 0.274. The molecule has 0 spiro atoms. The van der Waals surface area contributed by atoms with Gasteiger partial charge in [0.15, 0.2) is 0 Å². The second-order valence-electron chi connectivity index (χ2n) is 16.1. The highest BCUT2D eigenvalue weighted by Crippen LogP contribution is 2.24. The molecule has 0 aliphatic carbocycles. The zero-order chi connectivity index (χ0) is 43.1. The van der Waals surface area contributed by atoms with Gasteiger partial charge < -0.3 is 25.5 Å². The summed E-state index contributed by atoms with van der Waals surface area (Å²) in [6.45, 7) is 6.09. The Morgan fingerprint density at radius 2 is 0.952 bits per heavy atom. The normalized spacial score (nSPS) is 13.7. The van der Waals surface area contributed by atoms with Crippen molar-refractivity contribution in [2.45, 2.75) is 71.1 Å². The minimum atomic E-state index is -1.08. The Bertz CT molecular complexity index is 2390. The molecule has 2 aliphatic rings. The van der Waals surface area contributed by atoms with E-state index in [-0.39, 0.29) is 17.4 Å². The van der Waals surface area contributed by atoms with Crippen LogP contribution in [0.4, 0.5) is 23.0 Å². The quantitative estimate of drug-likeness (QED) is 0.105. The lowest BCUT2D eigenvalue weighted by atomic mass is 10.0. The number of nitrogens with zero attached hydrogens (tertiary/aromatic N) is 4. The Labute approximate surface area is 365 Å². The number of carbonyl (C=O) groups excluding carboxylic acids is 2. The van der Waals surface area contributed by atoms with E-state index in [2.05, 4.69) is 85.0 Å². The smallest absolute Gasteiger partial charge is 0.337 e. The van der Waals surface area contributed by atoms with Gasteiger partial charge in [0.2, 0.25) is 0 Å². The number of nitrogens with one attached hydrogen (secondary N) is 2. The number of pyridine rings is 2. The first kappa shape index (κ1) is 43.3. The Balaban J connectivity index is 0.000000187. The number of benzene rings is 4. The van der Waals surface area contributed by atoms with Crippen LogP contribution in [0.3, 0.4) is 0 Å². The Kier molecular flexibility index (Phi) is 15.1. The van der Waals surface area contributed by atoms with Gasteiger partial charge >= 0.3 is 5.97 Å². The van der Waals surface area contributed by atoms with Crippen molar-refractivity contribution in [2.75, 3.05) is 46.6 Å². The van der Waals surface area contributed by atoms with E-state index in [9.17, 15) is 19.5 Å². The maximum atomic E-state index is 12.8. The van der Waals surface area contributed by atoms with E-state index in [0.717, 1.165) is 93.2 Å². The summed E-state index contributed by atoms with van der Waals surface area (Å²) in [7, 11) is 0. The van der Waals surface area contributed by atoms with E-state index in [1.165, 1.54) is 42.4 Å². The second-order valence-corrected chi connectivity index (χ2v) is 16.1. The number of hydrogen-bond donors (Lipinski definition) is 3. The van der Waals surface area contributed by atoms with Crippen molar-refractivity contribution < 1.29 is 19.5 Å². The lowest BCUT2D eigenvalue weighted by Crippen LogP contribution is -2.30. The zero-order valence-corrected chi connectivity index (χ0v) is 35.6. The SMILES string of the molecule is Cc1ccc(CCc2ccccc2)cc1NC(=O)c1ccc(N2CCCCC2)nc1.O=C(Nc1cc(CCc2ccccc2)ccc1C(=O)O)c1ccc(N2CCCCC2)nc1. The number of rotatable bonds is 13. The number of carboxylic acid groups (broad SMARTS) is 1. The van der Waals surface area contributed by atoms with Gasteiger partial charge in [-0.05, 0) is 141 Å². The van der Waals surface area contributed by atoms with Crippen LogP contribution in [0.1, 0.15) is 97.4 Å². The topological polar surface area (TPSA) is 128 Å². The Morgan fingerprint density at radius 1 is 0.516 bits per heavy atom. The van der Waals surface area contributed by atoms with Crippen molar-refractivity contribution in [2.24, 2.45) is 0 Å². The van der Waals surface area contributed by atoms with Crippen LogP contribution in [-0.4, -0.2) is 59.0 Å². The number of carbonyl (C=O) groups is 3. The first-order valence-electron chi connectivity index (χ1n) is 21.9. The summed E-state index contributed by atoms with van der Waals surface area (Å²) >= 11 is 0. The highest BCUT2D eigenvalue weighted by atomic mass is 16.4. The molecule has 0 radical (unpaired) electrons. The molecule has 8 rings (SSSR count). The van der Waals surface area contributed by atoms with Crippen molar-refractivity contribution in [3.05, 3.63) is 178 Å². The minimum Gasteiger partial charge on any atom is -0.478 e. The molecule has 2 saturated heterocycles. The molecule has 0 atom stereocenters. The first-order chi connectivity index (χ1) is 30.3. The number of carboxylic acids is 1. The maximum Gasteiger partial charge on any atom is 0.337 e. The molecular formula is C52H56N6O4. The standard InChI is InChI=1S/C26H27N3O3.C26H29N3O/c30-25(21-12-14-24(27-18-21)29-15-5-2-6-16-29)28-23-17-20(11-13-22(23)26(31)32)10-9-19-7-3-1-4-8-19;1-20-10-11-22(13-12-21-8-4-2-5-9-21)18-24(20)28-26(30)23-14-15-25(27-19-23)29-16-6-3-7-17-29/h1,3-4,7-8,11-14,17-18H,2,5-6,9-10,15-16H2,(H,28,30)(H,31,32);2,4-5,8-11,14-15,18-19H,3,6-7,12-13,16-17H2,1H3,(H,28,30). The molecule has 3 N–H and O–H groups in total. The third kappa shape index (κ3) is 12.2. The van der Waals surface area contributed by atoms with Crippen LogP contribution in [-0.2, 0) is 25.7 Å². The van der Waals surface area contributed by atoms with Gasteiger partial charge in [-0.15, -0.1) is 0 Å². The van der Waals surface area contributed by atoms with E-state index in [1.54, 1.807) is 36.7 Å². The number of piperidine rings is 2. The van der Waals surface area contributed by atoms with Crippen LogP contribution in [0.15, 0.2) is 134 Å². The van der Waals surface area contributed by atoms with Crippen LogP contribution < -0.4 is 20.4 Å². The van der Waals surface area contributed by atoms with Gasteiger partial charge in [0.25, 0.3) is 11.8 Å². The molecule has 2 aromatic heterocycles. The van der Waals surface area contributed by atoms with Crippen LogP contribution in [0, 0.1) is 6.92 Å². The van der Waals surface area contributed by atoms with E-state index in [0.29, 0.717) is 16.8 Å². The lowest BCUT2D eigenvalue weighted by molar-refractivity contribution is 0.0697. The number of aryl methyl sites for hydroxylation is 5. The third-order valence-corrected chi connectivity index (χ3v) is 11.6. The van der Waals surface area contributed by atoms with E-state index in [1.807, 2.05) is 49.4 Å². The zero-order valence-electron chi connectivity index (χ0n) is 35.6. The van der Waals surface area contributed by atoms with Gasteiger partial charge in [0.1, 0.15) is 11.6 Å². The number of amides is 2. The van der Waals surface area contributed by atoms with Crippen molar-refractivity contribution in [1.29, 1.82) is 0 Å². The molecule has 62 heavy (non-hydrogen) atoms. The number of aromatic nitrogens is 2. The highest BCUT2D eigenvalue weighted by Gasteiger charge is 2.18. The molecule has 10 nitrogen and oxygen atoms in total. The van der Waals surface area contributed by atoms with Gasteiger partial charge in [-0.3, -0.25) is 9.59 Å². The molecular weight excluding hydrogens is 773 g/mol. The molecule has 4 heterocycles. The fourth-order valence-corrected chi connectivity index (χ4v) is 7.91. The number of hydrogen-bond acceptors (Lipinski definition) is 7. The summed E-state index contributed by atoms with van der Waals surface area (Å²) in [6.07, 6.45) is 14.0. The fraction of sp³-hybridized carbons (Fsp3) is 0.288. The Hall–Kier alpha value is -6.81. The van der Waals surface area contributed by atoms with Crippen LogP contribution in [0.25, 0.3) is 0 Å². The van der Waals surface area contributed by atoms with Gasteiger partial charge in [-0.25, -0.2) is 14.8 Å². The van der Waals surface area contributed by atoms with E-state index >= 15 is 0 Å². The molecule has 2 aliphatic heterocycles. The lowest BCUT2D eigenvalue weighted by Gasteiger charge is -2.27. The van der Waals surface area contributed by atoms with Gasteiger partial charge in [0.05, 0.1) is 22.4 Å². The molecule has 318 valence electrons. The average Bonchev–Trinajstić information content (AvgIpc) is 3.32. The van der Waals surface area contributed by atoms with E-state index < -0.39 is 5.97 Å². The molecule has 10 heteroatoms. The summed E-state index contributed by atoms with van der Waals surface area (Å²) in [6, 6.07) is 39.4. The molecule has 2 fully saturated rings. The first-order valence-corrected chi connectivity index (χ1v) is 21.9. The van der Waals surface area contributed by atoms with Gasteiger partial charge in [0, 0.05) is 44.3 Å². The fourth-order valence-electron chi connectivity index (χ4n) is 7.91. The maximum absolute atomic E-state index is 12.8. The number of anilines is 4. The molecule has 0 saturated carbocycles. The monoisotopic (exact) mass is 828 g/mol. The van der Waals surface area contributed by atoms with Crippen molar-refractivity contribution in [3.63, 3.8) is 0 Å². The largest absolute Gasteiger partial charge is 0.478 e. The summed E-state index contributed by atoms with van der Waals surface area (Å²) in [4.78, 5) is 50.8. The summed E-state index contributed by atoms with van der Waals surface area (Å²) < 4.78 is 0. The van der Waals surface area contributed by atoms with E-state index in [4.69, 9.17) is 0 Å². The van der Waals surface area contributed by atoms with Crippen molar-refractivity contribution in [1.82, 2.24) is 9.97 Å². The molecule has 0 unspecified atom stereocenters.